The summed E-state index contributed by atoms with van der Waals surface area (Å²) < 4.78 is 12.3. The Bertz CT molecular complexity index is 1150. The van der Waals surface area contributed by atoms with E-state index in [2.05, 4.69) is 15.9 Å². The van der Waals surface area contributed by atoms with Gasteiger partial charge < -0.3 is 14.4 Å². The van der Waals surface area contributed by atoms with E-state index in [1.807, 2.05) is 31.3 Å². The van der Waals surface area contributed by atoms with Gasteiger partial charge in [-0.2, -0.15) is 0 Å². The zero-order valence-corrected chi connectivity index (χ0v) is 22.9. The van der Waals surface area contributed by atoms with Gasteiger partial charge in [0.2, 0.25) is 0 Å². The molecule has 180 valence electrons. The predicted molar refractivity (Wildman–Crippen MR) is 144 cm³/mol. The first-order valence-electron chi connectivity index (χ1n) is 11.1. The van der Waals surface area contributed by atoms with Crippen LogP contribution in [0.4, 0.5) is 0 Å². The Kier molecular flexibility index (Phi) is 8.08. The van der Waals surface area contributed by atoms with Crippen LogP contribution in [0.15, 0.2) is 40.5 Å². The van der Waals surface area contributed by atoms with Gasteiger partial charge in [0.15, 0.2) is 16.6 Å². The van der Waals surface area contributed by atoms with Crippen LogP contribution in [0, 0.1) is 0 Å². The quantitative estimate of drug-likeness (QED) is 0.268. The highest BCUT2D eigenvalue weighted by molar-refractivity contribution is 9.10. The van der Waals surface area contributed by atoms with E-state index < -0.39 is 0 Å². The summed E-state index contributed by atoms with van der Waals surface area (Å²) in [5, 5.41) is 1.67. The number of benzene rings is 2. The number of carbonyl (C=O) groups excluding carboxylic acids is 1. The van der Waals surface area contributed by atoms with E-state index in [0.717, 1.165) is 41.3 Å². The maximum atomic E-state index is 13.3. The topological polar surface area (TPSA) is 42.0 Å². The third-order valence-corrected chi connectivity index (χ3v) is 7.95. The number of hydrogen-bond donors (Lipinski definition) is 0. The summed E-state index contributed by atoms with van der Waals surface area (Å²) in [6.45, 7) is 0.255. The number of hydrogen-bond acceptors (Lipinski definition) is 4. The lowest BCUT2D eigenvalue weighted by atomic mass is 9.94. The highest BCUT2D eigenvalue weighted by atomic mass is 79.9. The van der Waals surface area contributed by atoms with Crippen molar-refractivity contribution >= 4 is 68.4 Å². The lowest BCUT2D eigenvalue weighted by molar-refractivity contribution is -0.124. The van der Waals surface area contributed by atoms with Gasteiger partial charge in [0.25, 0.3) is 5.91 Å². The minimum atomic E-state index is -0.0528. The van der Waals surface area contributed by atoms with Crippen molar-refractivity contribution in [2.45, 2.75) is 44.8 Å². The molecule has 0 radical (unpaired) electrons. The SMILES string of the molecule is COc1cc(/C=C2/C(=O)N(C3CCCCC3)C(=S)N2C)c(Br)cc1OCc1ccc(Cl)cc1Cl. The molecule has 5 nitrogen and oxygen atoms in total. The van der Waals surface area contributed by atoms with Crippen molar-refractivity contribution in [3.63, 3.8) is 0 Å². The van der Waals surface area contributed by atoms with Gasteiger partial charge in [0, 0.05) is 33.2 Å². The summed E-state index contributed by atoms with van der Waals surface area (Å²) in [7, 11) is 3.42. The molecule has 1 aliphatic heterocycles. The van der Waals surface area contributed by atoms with Gasteiger partial charge in [0.05, 0.1) is 7.11 Å². The molecule has 1 heterocycles. The Hall–Kier alpha value is -1.80. The second-order valence-electron chi connectivity index (χ2n) is 8.39. The summed E-state index contributed by atoms with van der Waals surface area (Å²) in [5.74, 6) is 1.04. The molecule has 0 unspecified atom stereocenters. The molecular formula is C25H25BrCl2N2O3S. The van der Waals surface area contributed by atoms with Gasteiger partial charge in [-0.25, -0.2) is 0 Å². The summed E-state index contributed by atoms with van der Waals surface area (Å²) in [6.07, 6.45) is 7.30. The molecule has 9 heteroatoms. The van der Waals surface area contributed by atoms with Crippen molar-refractivity contribution in [2.24, 2.45) is 0 Å². The molecule has 34 heavy (non-hydrogen) atoms. The Morgan fingerprint density at radius 2 is 1.88 bits per heavy atom. The number of ether oxygens (including phenoxy) is 2. The van der Waals surface area contributed by atoms with Crippen molar-refractivity contribution < 1.29 is 14.3 Å². The molecule has 0 aromatic heterocycles. The van der Waals surface area contributed by atoms with Crippen molar-refractivity contribution in [3.05, 3.63) is 61.7 Å². The molecular weight excluding hydrogens is 559 g/mol. The van der Waals surface area contributed by atoms with Crippen LogP contribution in [0.2, 0.25) is 10.0 Å². The molecule has 0 N–H and O–H groups in total. The average molecular weight is 584 g/mol. The van der Waals surface area contributed by atoms with Gasteiger partial charge in [-0.1, -0.05) is 64.5 Å². The number of halogens is 3. The Labute approximate surface area is 223 Å². The summed E-state index contributed by atoms with van der Waals surface area (Å²) in [4.78, 5) is 16.9. The Morgan fingerprint density at radius 1 is 1.15 bits per heavy atom. The van der Waals surface area contributed by atoms with Crippen LogP contribution in [0.25, 0.3) is 6.08 Å². The molecule has 2 fully saturated rings. The van der Waals surface area contributed by atoms with E-state index in [4.69, 9.17) is 44.9 Å². The van der Waals surface area contributed by atoms with Crippen molar-refractivity contribution in [3.8, 4) is 11.5 Å². The van der Waals surface area contributed by atoms with Gasteiger partial charge in [0.1, 0.15) is 12.3 Å². The number of thiocarbonyl (C=S) groups is 1. The van der Waals surface area contributed by atoms with Crippen LogP contribution in [0.3, 0.4) is 0 Å². The van der Waals surface area contributed by atoms with Crippen molar-refractivity contribution in [2.75, 3.05) is 14.2 Å². The molecule has 1 amide bonds. The molecule has 0 atom stereocenters. The number of likely N-dealkylation sites (N-methyl/N-ethyl adjacent to an activating group) is 1. The highest BCUT2D eigenvalue weighted by Gasteiger charge is 2.40. The minimum absolute atomic E-state index is 0.0528. The van der Waals surface area contributed by atoms with Crippen LogP contribution in [-0.2, 0) is 11.4 Å². The standard InChI is InChI=1S/C25H25BrCl2N2O3S/c1-29-21(24(31)30(25(29)34)18-6-4-3-5-7-18)10-16-11-22(32-2)23(13-19(16)26)33-14-15-8-9-17(27)12-20(15)28/h8-13,18H,3-7,14H2,1-2H3/b21-10-. The lowest BCUT2D eigenvalue weighted by Gasteiger charge is -2.30. The van der Waals surface area contributed by atoms with E-state index in [-0.39, 0.29) is 18.6 Å². The Morgan fingerprint density at radius 3 is 2.56 bits per heavy atom. The fourth-order valence-electron chi connectivity index (χ4n) is 4.31. The third-order valence-electron chi connectivity index (χ3n) is 6.21. The lowest BCUT2D eigenvalue weighted by Crippen LogP contribution is -2.41. The van der Waals surface area contributed by atoms with E-state index in [1.54, 1.807) is 29.0 Å². The normalized spacial score (nSPS) is 18.2. The second kappa shape index (κ2) is 10.9. The molecule has 0 bridgehead atoms. The third kappa shape index (κ3) is 5.23. The van der Waals surface area contributed by atoms with Crippen molar-refractivity contribution in [1.82, 2.24) is 9.80 Å². The van der Waals surface area contributed by atoms with E-state index in [0.29, 0.717) is 32.4 Å². The van der Waals surface area contributed by atoms with Crippen LogP contribution in [-0.4, -0.2) is 41.0 Å². The molecule has 2 aromatic carbocycles. The monoisotopic (exact) mass is 582 g/mol. The summed E-state index contributed by atoms with van der Waals surface area (Å²) in [6, 6.07) is 9.11. The average Bonchev–Trinajstić information content (AvgIpc) is 3.03. The van der Waals surface area contributed by atoms with E-state index in [9.17, 15) is 4.79 Å². The highest BCUT2D eigenvalue weighted by Crippen LogP contribution is 2.37. The number of methoxy groups -OCH3 is 1. The first-order chi connectivity index (χ1) is 16.3. The molecule has 0 spiro atoms. The van der Waals surface area contributed by atoms with Gasteiger partial charge in [-0.15, -0.1) is 0 Å². The van der Waals surface area contributed by atoms with Gasteiger partial charge in [-0.05, 0) is 61.0 Å². The maximum Gasteiger partial charge on any atom is 0.277 e. The molecule has 1 saturated carbocycles. The molecule has 4 rings (SSSR count). The molecule has 2 aliphatic rings. The number of carbonyl (C=O) groups is 1. The van der Waals surface area contributed by atoms with E-state index >= 15 is 0 Å². The van der Waals surface area contributed by atoms with E-state index in [1.165, 1.54) is 6.42 Å². The molecule has 1 aliphatic carbocycles. The maximum absolute atomic E-state index is 13.3. The van der Waals surface area contributed by atoms with Crippen LogP contribution >= 0.6 is 51.3 Å². The first kappa shape index (κ1) is 25.3. The van der Waals surface area contributed by atoms with Crippen LogP contribution in [0.1, 0.15) is 43.2 Å². The fraction of sp³-hybridized carbons (Fsp3) is 0.360. The zero-order valence-electron chi connectivity index (χ0n) is 18.9. The molecule has 2 aromatic rings. The molecule has 1 saturated heterocycles. The van der Waals surface area contributed by atoms with Crippen LogP contribution in [0.5, 0.6) is 11.5 Å². The summed E-state index contributed by atoms with van der Waals surface area (Å²) >= 11 is 21.5. The number of rotatable bonds is 6. The second-order valence-corrected chi connectivity index (χ2v) is 10.5. The first-order valence-corrected chi connectivity index (χ1v) is 13.0. The van der Waals surface area contributed by atoms with Gasteiger partial charge in [-0.3, -0.25) is 9.69 Å². The van der Waals surface area contributed by atoms with Crippen LogP contribution < -0.4 is 9.47 Å². The zero-order chi connectivity index (χ0) is 24.4. The minimum Gasteiger partial charge on any atom is -0.493 e. The number of amides is 1. The smallest absolute Gasteiger partial charge is 0.277 e. The fourth-order valence-corrected chi connectivity index (χ4v) is 5.54. The summed E-state index contributed by atoms with van der Waals surface area (Å²) in [5.41, 5.74) is 2.14. The van der Waals surface area contributed by atoms with Gasteiger partial charge >= 0.3 is 0 Å². The van der Waals surface area contributed by atoms with Crippen molar-refractivity contribution in [1.29, 1.82) is 0 Å². The predicted octanol–water partition coefficient (Wildman–Crippen LogP) is 7.08. The number of nitrogens with zero attached hydrogens (tertiary/aromatic N) is 2. The Balaban J connectivity index is 1.58. The largest absolute Gasteiger partial charge is 0.493 e.